The Bertz CT molecular complexity index is 443. The van der Waals surface area contributed by atoms with Crippen LogP contribution in [-0.4, -0.2) is 13.1 Å². The molecular weight excluding hydrogens is 268 g/mol. The summed E-state index contributed by atoms with van der Waals surface area (Å²) in [5.74, 6) is 1.94. The first-order valence-corrected chi connectivity index (χ1v) is 7.58. The largest absolute Gasteiger partial charge is 0.469 e. The second kappa shape index (κ2) is 10.1. The summed E-state index contributed by atoms with van der Waals surface area (Å²) in [6, 6.07) is 21.2. The number of carbonyl (C=O) groups excluding carboxylic acids is 1. The van der Waals surface area contributed by atoms with E-state index in [9.17, 15) is 4.79 Å². The van der Waals surface area contributed by atoms with Crippen LogP contribution in [0, 0.1) is 0 Å². The quantitative estimate of drug-likeness (QED) is 0.785. The number of rotatable bonds is 4. The normalized spacial score (nSPS) is 9.30. The molecule has 0 aliphatic rings. The van der Waals surface area contributed by atoms with E-state index in [1.54, 1.807) is 0 Å². The predicted molar refractivity (Wildman–Crippen MR) is 85.6 cm³/mol. The summed E-state index contributed by atoms with van der Waals surface area (Å²) in [7, 11) is 1.35. The van der Waals surface area contributed by atoms with Crippen LogP contribution in [0.5, 0.6) is 0 Å². The number of hydrogen-bond acceptors (Lipinski definition) is 3. The number of ether oxygens (including phenoxy) is 1. The van der Waals surface area contributed by atoms with Gasteiger partial charge in [0, 0.05) is 18.4 Å². The lowest BCUT2D eigenvalue weighted by molar-refractivity contribution is -0.137. The smallest absolute Gasteiger partial charge is 0.302 e. The third-order valence-corrected chi connectivity index (χ3v) is 3.59. The highest BCUT2D eigenvalue weighted by atomic mass is 32.2. The summed E-state index contributed by atoms with van der Waals surface area (Å²) >= 11 is 1.96. The lowest BCUT2D eigenvalue weighted by Gasteiger charge is -2.01. The second-order valence-electron chi connectivity index (χ2n) is 4.16. The molecule has 2 rings (SSSR count). The monoisotopic (exact) mass is 288 g/mol. The molecule has 0 atom stereocenters. The number of carbonyl (C=O) groups is 1. The number of hydrogen-bond donors (Lipinski definition) is 0. The van der Waals surface area contributed by atoms with Crippen molar-refractivity contribution in [2.75, 3.05) is 7.11 Å². The number of esters is 1. The van der Waals surface area contributed by atoms with Crippen LogP contribution in [0.2, 0.25) is 0 Å². The van der Waals surface area contributed by atoms with Crippen LogP contribution < -0.4 is 0 Å². The fraction of sp³-hybridized carbons (Fsp3) is 0.235. The van der Waals surface area contributed by atoms with Gasteiger partial charge in [0.15, 0.2) is 0 Å². The maximum Gasteiger partial charge on any atom is 0.302 e. The van der Waals surface area contributed by atoms with Crippen LogP contribution in [0.25, 0.3) is 0 Å². The number of benzene rings is 2. The molecule has 0 saturated heterocycles. The minimum Gasteiger partial charge on any atom is -0.469 e. The van der Waals surface area contributed by atoms with Gasteiger partial charge in [0.2, 0.25) is 0 Å². The standard InChI is InChI=1S/C14H14S.C3H6O2/c1-3-7-13(8-4-1)11-15-12-14-9-5-2-6-10-14;1-3(4)5-2/h1-10H,11-12H2;1-2H3. The van der Waals surface area contributed by atoms with Crippen molar-refractivity contribution in [2.24, 2.45) is 0 Å². The number of thioether (sulfide) groups is 1. The lowest BCUT2D eigenvalue weighted by Crippen LogP contribution is -1.88. The summed E-state index contributed by atoms with van der Waals surface area (Å²) < 4.78 is 4.11. The van der Waals surface area contributed by atoms with Gasteiger partial charge in [-0.3, -0.25) is 4.79 Å². The van der Waals surface area contributed by atoms with E-state index in [-0.39, 0.29) is 5.97 Å². The van der Waals surface area contributed by atoms with Crippen molar-refractivity contribution in [3.8, 4) is 0 Å². The molecule has 0 aromatic heterocycles. The van der Waals surface area contributed by atoms with Crippen molar-refractivity contribution in [3.63, 3.8) is 0 Å². The molecule has 0 N–H and O–H groups in total. The minimum absolute atomic E-state index is 0.245. The third-order valence-electron chi connectivity index (χ3n) is 2.51. The molecule has 2 aromatic carbocycles. The molecule has 0 amide bonds. The molecule has 2 nitrogen and oxygen atoms in total. The van der Waals surface area contributed by atoms with E-state index >= 15 is 0 Å². The van der Waals surface area contributed by atoms with Gasteiger partial charge >= 0.3 is 5.97 Å². The van der Waals surface area contributed by atoms with E-state index in [0.717, 1.165) is 11.5 Å². The zero-order valence-corrected chi connectivity index (χ0v) is 12.7. The lowest BCUT2D eigenvalue weighted by atomic mass is 10.2. The van der Waals surface area contributed by atoms with Crippen LogP contribution in [0.1, 0.15) is 18.1 Å². The van der Waals surface area contributed by atoms with Crippen LogP contribution in [-0.2, 0) is 21.0 Å². The fourth-order valence-corrected chi connectivity index (χ4v) is 2.39. The van der Waals surface area contributed by atoms with Gasteiger partial charge in [-0.1, -0.05) is 60.7 Å². The molecule has 0 heterocycles. The van der Waals surface area contributed by atoms with Crippen molar-refractivity contribution in [1.82, 2.24) is 0 Å². The fourth-order valence-electron chi connectivity index (χ4n) is 1.44. The molecule has 0 spiro atoms. The maximum atomic E-state index is 9.59. The first-order valence-electron chi connectivity index (χ1n) is 6.42. The summed E-state index contributed by atoms with van der Waals surface area (Å²) in [6.45, 7) is 1.36. The second-order valence-corrected chi connectivity index (χ2v) is 5.15. The van der Waals surface area contributed by atoms with Gasteiger partial charge < -0.3 is 4.74 Å². The number of methoxy groups -OCH3 is 1. The molecule has 0 saturated carbocycles. The zero-order valence-electron chi connectivity index (χ0n) is 11.9. The van der Waals surface area contributed by atoms with Gasteiger partial charge in [0.25, 0.3) is 0 Å². The topological polar surface area (TPSA) is 26.3 Å². The minimum atomic E-state index is -0.245. The molecule has 20 heavy (non-hydrogen) atoms. The van der Waals surface area contributed by atoms with Gasteiger partial charge in [-0.05, 0) is 11.1 Å². The molecular formula is C17H20O2S. The highest BCUT2D eigenvalue weighted by Crippen LogP contribution is 2.17. The molecule has 2 aromatic rings. The SMILES string of the molecule is COC(C)=O.c1ccc(CSCc2ccccc2)cc1. The molecule has 0 aliphatic heterocycles. The predicted octanol–water partition coefficient (Wildman–Crippen LogP) is 4.30. The van der Waals surface area contributed by atoms with Crippen LogP contribution >= 0.6 is 11.8 Å². The Balaban J connectivity index is 0.000000347. The molecule has 0 fully saturated rings. The average molecular weight is 288 g/mol. The Kier molecular flexibility index (Phi) is 8.24. The Morgan fingerprint density at radius 3 is 1.55 bits per heavy atom. The maximum absolute atomic E-state index is 9.59. The van der Waals surface area contributed by atoms with Gasteiger partial charge in [-0.15, -0.1) is 0 Å². The first kappa shape index (κ1) is 16.3. The van der Waals surface area contributed by atoms with E-state index in [1.807, 2.05) is 11.8 Å². The third kappa shape index (κ3) is 7.64. The Hall–Kier alpha value is -1.74. The van der Waals surface area contributed by atoms with Crippen LogP contribution in [0.3, 0.4) is 0 Å². The van der Waals surface area contributed by atoms with Crippen molar-refractivity contribution >= 4 is 17.7 Å². The summed E-state index contributed by atoms with van der Waals surface area (Å²) in [4.78, 5) is 9.59. The molecule has 106 valence electrons. The molecule has 3 heteroatoms. The van der Waals surface area contributed by atoms with Gasteiger partial charge in [0.1, 0.15) is 0 Å². The highest BCUT2D eigenvalue weighted by Gasteiger charge is 1.93. The van der Waals surface area contributed by atoms with Crippen molar-refractivity contribution < 1.29 is 9.53 Å². The zero-order chi connectivity index (χ0) is 14.6. The first-order chi connectivity index (χ1) is 9.72. The Morgan fingerprint density at radius 2 is 1.25 bits per heavy atom. The van der Waals surface area contributed by atoms with E-state index < -0.39 is 0 Å². The van der Waals surface area contributed by atoms with E-state index in [1.165, 1.54) is 25.2 Å². The van der Waals surface area contributed by atoms with E-state index in [0.29, 0.717) is 0 Å². The van der Waals surface area contributed by atoms with Crippen molar-refractivity contribution in [3.05, 3.63) is 71.8 Å². The van der Waals surface area contributed by atoms with Crippen LogP contribution in [0.4, 0.5) is 0 Å². The molecule has 0 bridgehead atoms. The summed E-state index contributed by atoms with van der Waals surface area (Å²) in [5, 5.41) is 0. The van der Waals surface area contributed by atoms with Gasteiger partial charge in [-0.2, -0.15) is 11.8 Å². The highest BCUT2D eigenvalue weighted by molar-refractivity contribution is 7.97. The van der Waals surface area contributed by atoms with Gasteiger partial charge in [0.05, 0.1) is 7.11 Å². The summed E-state index contributed by atoms with van der Waals surface area (Å²) in [5.41, 5.74) is 2.80. The van der Waals surface area contributed by atoms with Gasteiger partial charge in [-0.25, -0.2) is 0 Å². The molecule has 0 unspecified atom stereocenters. The average Bonchev–Trinajstić information content (AvgIpc) is 2.50. The van der Waals surface area contributed by atoms with Crippen molar-refractivity contribution in [1.29, 1.82) is 0 Å². The Labute approximate surface area is 125 Å². The summed E-state index contributed by atoms with van der Waals surface area (Å²) in [6.07, 6.45) is 0. The molecule has 0 aliphatic carbocycles. The molecule has 0 radical (unpaired) electrons. The Morgan fingerprint density at radius 1 is 0.900 bits per heavy atom. The van der Waals surface area contributed by atoms with Crippen molar-refractivity contribution in [2.45, 2.75) is 18.4 Å². The van der Waals surface area contributed by atoms with Crippen LogP contribution in [0.15, 0.2) is 60.7 Å². The van der Waals surface area contributed by atoms with E-state index in [2.05, 4.69) is 65.4 Å². The van der Waals surface area contributed by atoms with E-state index in [4.69, 9.17) is 0 Å².